The number of rotatable bonds is 2. The highest BCUT2D eigenvalue weighted by Gasteiger charge is 2.04. The number of fused-ring (bicyclic) bond motifs is 1. The first-order valence-electron chi connectivity index (χ1n) is 4.84. The van der Waals surface area contributed by atoms with Gasteiger partial charge < -0.3 is 15.5 Å². The minimum absolute atomic E-state index is 0.252. The van der Waals surface area contributed by atoms with Crippen molar-refractivity contribution in [1.82, 2.24) is 0 Å². The Labute approximate surface area is 88.0 Å². The molecule has 15 heavy (non-hydrogen) atoms. The van der Waals surface area contributed by atoms with E-state index in [1.807, 2.05) is 24.3 Å². The summed E-state index contributed by atoms with van der Waals surface area (Å²) in [4.78, 5) is 0. The van der Waals surface area contributed by atoms with Gasteiger partial charge in [0.15, 0.2) is 0 Å². The minimum atomic E-state index is -0.613. The summed E-state index contributed by atoms with van der Waals surface area (Å²) in [6.45, 7) is 1.65. The lowest BCUT2D eigenvalue weighted by Gasteiger charge is -2.12. The van der Waals surface area contributed by atoms with Gasteiger partial charge in [-0.2, -0.15) is 0 Å². The molecule has 3 nitrogen and oxygen atoms in total. The molecule has 3 N–H and O–H groups in total. The second-order valence-electron chi connectivity index (χ2n) is 3.50. The molecule has 0 aromatic heterocycles. The van der Waals surface area contributed by atoms with Crippen molar-refractivity contribution in [3.8, 4) is 5.75 Å². The molecule has 0 aliphatic rings. The van der Waals surface area contributed by atoms with Crippen molar-refractivity contribution in [1.29, 1.82) is 0 Å². The molecule has 2 aromatic rings. The highest BCUT2D eigenvalue weighted by Crippen LogP contribution is 2.29. The van der Waals surface area contributed by atoms with Gasteiger partial charge in [-0.3, -0.25) is 0 Å². The van der Waals surface area contributed by atoms with Crippen molar-refractivity contribution in [2.24, 2.45) is 0 Å². The molecule has 0 aliphatic carbocycles. The number of aromatic hydroxyl groups is 1. The van der Waals surface area contributed by atoms with Crippen LogP contribution in [0.2, 0.25) is 0 Å². The Bertz CT molecular complexity index is 480. The normalized spacial score (nSPS) is 12.7. The third-order valence-electron chi connectivity index (χ3n) is 2.26. The van der Waals surface area contributed by atoms with Crippen LogP contribution >= 0.6 is 0 Å². The molecule has 0 radical (unpaired) electrons. The molecule has 0 bridgehead atoms. The van der Waals surface area contributed by atoms with E-state index in [0.717, 1.165) is 16.5 Å². The van der Waals surface area contributed by atoms with E-state index >= 15 is 0 Å². The minimum Gasteiger partial charge on any atom is -0.507 e. The number of phenols is 1. The topological polar surface area (TPSA) is 52.5 Å². The van der Waals surface area contributed by atoms with Gasteiger partial charge in [-0.15, -0.1) is 0 Å². The van der Waals surface area contributed by atoms with Crippen LogP contribution in [0.15, 0.2) is 36.4 Å². The molecule has 1 atom stereocenters. The zero-order valence-corrected chi connectivity index (χ0v) is 8.44. The van der Waals surface area contributed by atoms with Crippen molar-refractivity contribution < 1.29 is 10.2 Å². The van der Waals surface area contributed by atoms with Gasteiger partial charge >= 0.3 is 0 Å². The van der Waals surface area contributed by atoms with Gasteiger partial charge in [-0.1, -0.05) is 24.3 Å². The molecule has 0 aliphatic heterocycles. The summed E-state index contributed by atoms with van der Waals surface area (Å²) in [5.41, 5.74) is 0.818. The molecule has 0 fully saturated rings. The molecule has 0 heterocycles. The van der Waals surface area contributed by atoms with Crippen LogP contribution in [0.3, 0.4) is 0 Å². The van der Waals surface area contributed by atoms with Gasteiger partial charge in [0.2, 0.25) is 0 Å². The number of hydrogen-bond acceptors (Lipinski definition) is 3. The number of aliphatic hydroxyl groups excluding tert-OH is 1. The van der Waals surface area contributed by atoms with Gasteiger partial charge in [0, 0.05) is 16.5 Å². The number of hydrogen-bond donors (Lipinski definition) is 3. The fourth-order valence-corrected chi connectivity index (χ4v) is 1.64. The number of phenolic OH excluding ortho intramolecular Hbond substituents is 1. The summed E-state index contributed by atoms with van der Waals surface area (Å²) in [6, 6.07) is 10.9. The first kappa shape index (κ1) is 9.80. The summed E-state index contributed by atoms with van der Waals surface area (Å²) < 4.78 is 0. The van der Waals surface area contributed by atoms with Gasteiger partial charge in [-0.25, -0.2) is 0 Å². The maximum Gasteiger partial charge on any atom is 0.123 e. The molecule has 0 spiro atoms. The van der Waals surface area contributed by atoms with Crippen LogP contribution < -0.4 is 5.32 Å². The molecule has 2 rings (SSSR count). The number of anilines is 1. The smallest absolute Gasteiger partial charge is 0.123 e. The monoisotopic (exact) mass is 203 g/mol. The summed E-state index contributed by atoms with van der Waals surface area (Å²) in [5.74, 6) is 0.252. The lowest BCUT2D eigenvalue weighted by Crippen LogP contribution is -2.13. The summed E-state index contributed by atoms with van der Waals surface area (Å²) >= 11 is 0. The maximum absolute atomic E-state index is 9.64. The highest BCUT2D eigenvalue weighted by molar-refractivity contribution is 5.97. The third kappa shape index (κ3) is 1.87. The van der Waals surface area contributed by atoms with Crippen LogP contribution in [0, 0.1) is 0 Å². The fraction of sp³-hybridized carbons (Fsp3) is 0.167. The van der Waals surface area contributed by atoms with Crippen LogP contribution in [-0.4, -0.2) is 16.4 Å². The first-order valence-corrected chi connectivity index (χ1v) is 4.84. The first-order chi connectivity index (χ1) is 7.18. The molecule has 0 saturated heterocycles. The Balaban J connectivity index is 2.61. The van der Waals surface area contributed by atoms with Crippen LogP contribution in [0.5, 0.6) is 5.75 Å². The fourth-order valence-electron chi connectivity index (χ4n) is 1.64. The molecule has 78 valence electrons. The quantitative estimate of drug-likeness (QED) is 0.656. The Kier molecular flexibility index (Phi) is 2.47. The molecular weight excluding hydrogens is 190 g/mol. The predicted molar refractivity (Wildman–Crippen MR) is 60.9 cm³/mol. The van der Waals surface area contributed by atoms with Crippen LogP contribution in [-0.2, 0) is 0 Å². The average Bonchev–Trinajstić information content (AvgIpc) is 2.19. The van der Waals surface area contributed by atoms with Crippen LogP contribution in [0.4, 0.5) is 5.69 Å². The summed E-state index contributed by atoms with van der Waals surface area (Å²) in [7, 11) is 0. The average molecular weight is 203 g/mol. The zero-order chi connectivity index (χ0) is 10.8. The van der Waals surface area contributed by atoms with E-state index in [9.17, 15) is 10.2 Å². The molecule has 1 unspecified atom stereocenters. The van der Waals surface area contributed by atoms with Gasteiger partial charge in [0.1, 0.15) is 12.0 Å². The molecule has 0 amide bonds. The van der Waals surface area contributed by atoms with Gasteiger partial charge in [0.25, 0.3) is 0 Å². The third-order valence-corrected chi connectivity index (χ3v) is 2.26. The molecular formula is C12H13NO2. The second kappa shape index (κ2) is 3.79. The van der Waals surface area contributed by atoms with Crippen molar-refractivity contribution in [2.75, 3.05) is 5.32 Å². The van der Waals surface area contributed by atoms with E-state index in [1.54, 1.807) is 19.1 Å². The van der Waals surface area contributed by atoms with Crippen molar-refractivity contribution in [3.63, 3.8) is 0 Å². The number of benzene rings is 2. The van der Waals surface area contributed by atoms with E-state index < -0.39 is 6.23 Å². The zero-order valence-electron chi connectivity index (χ0n) is 8.44. The maximum atomic E-state index is 9.64. The highest BCUT2D eigenvalue weighted by atomic mass is 16.3. The molecule has 3 heteroatoms. The Morgan fingerprint density at radius 2 is 1.73 bits per heavy atom. The Morgan fingerprint density at radius 3 is 2.47 bits per heavy atom. The van der Waals surface area contributed by atoms with Crippen molar-refractivity contribution in [3.05, 3.63) is 36.4 Å². The lowest BCUT2D eigenvalue weighted by molar-refractivity contribution is 0.224. The molecule has 2 aromatic carbocycles. The van der Waals surface area contributed by atoms with E-state index in [2.05, 4.69) is 5.32 Å². The van der Waals surface area contributed by atoms with Crippen LogP contribution in [0.25, 0.3) is 10.8 Å². The largest absolute Gasteiger partial charge is 0.507 e. The lowest BCUT2D eigenvalue weighted by atomic mass is 10.1. The predicted octanol–water partition coefficient (Wildman–Crippen LogP) is 2.30. The molecule has 0 saturated carbocycles. The van der Waals surface area contributed by atoms with E-state index in [4.69, 9.17) is 0 Å². The Morgan fingerprint density at radius 1 is 1.07 bits per heavy atom. The summed E-state index contributed by atoms with van der Waals surface area (Å²) in [6.07, 6.45) is -0.613. The number of nitrogens with one attached hydrogen (secondary N) is 1. The SMILES string of the molecule is CC(O)Nc1cccc2c(O)cccc12. The van der Waals surface area contributed by atoms with Crippen molar-refractivity contribution in [2.45, 2.75) is 13.2 Å². The Hall–Kier alpha value is -1.74. The van der Waals surface area contributed by atoms with Crippen LogP contribution in [0.1, 0.15) is 6.92 Å². The van der Waals surface area contributed by atoms with Gasteiger partial charge in [-0.05, 0) is 19.1 Å². The van der Waals surface area contributed by atoms with E-state index in [-0.39, 0.29) is 5.75 Å². The van der Waals surface area contributed by atoms with Crippen molar-refractivity contribution >= 4 is 16.5 Å². The van der Waals surface area contributed by atoms with Gasteiger partial charge in [0.05, 0.1) is 0 Å². The second-order valence-corrected chi connectivity index (χ2v) is 3.50. The summed E-state index contributed by atoms with van der Waals surface area (Å²) in [5, 5.41) is 23.5. The number of aliphatic hydroxyl groups is 1. The standard InChI is InChI=1S/C12H13NO2/c1-8(14)13-11-6-2-5-10-9(11)4-3-7-12(10)15/h2-8,13-15H,1H3. The van der Waals surface area contributed by atoms with E-state index in [1.165, 1.54) is 0 Å². The van der Waals surface area contributed by atoms with E-state index in [0.29, 0.717) is 0 Å².